The van der Waals surface area contributed by atoms with E-state index in [1.807, 2.05) is 30.3 Å². The summed E-state index contributed by atoms with van der Waals surface area (Å²) in [4.78, 5) is 0. The zero-order valence-electron chi connectivity index (χ0n) is 12.4. The molecular weight excluding hydrogens is 274 g/mol. The van der Waals surface area contributed by atoms with Crippen LogP contribution in [-0.4, -0.2) is 21.9 Å². The zero-order valence-corrected chi connectivity index (χ0v) is 12.4. The van der Waals surface area contributed by atoms with E-state index < -0.39 is 0 Å². The van der Waals surface area contributed by atoms with Crippen LogP contribution in [0.2, 0.25) is 0 Å². The molecule has 0 radical (unpaired) electrons. The summed E-state index contributed by atoms with van der Waals surface area (Å²) < 4.78 is 7.45. The molecule has 0 fully saturated rings. The largest absolute Gasteiger partial charge is 0.497 e. The molecule has 2 heterocycles. The third kappa shape index (κ3) is 2.08. The Kier molecular flexibility index (Phi) is 3.15. The third-order valence-corrected chi connectivity index (χ3v) is 4.28. The average Bonchev–Trinajstić information content (AvgIpc) is 3.17. The minimum Gasteiger partial charge on any atom is -0.497 e. The van der Waals surface area contributed by atoms with Crippen LogP contribution in [0.25, 0.3) is 11.4 Å². The topological polar surface area (TPSA) is 39.9 Å². The summed E-state index contributed by atoms with van der Waals surface area (Å²) in [6, 6.07) is 18.5. The van der Waals surface area contributed by atoms with Crippen LogP contribution in [0.15, 0.2) is 54.6 Å². The highest BCUT2D eigenvalue weighted by Gasteiger charge is 2.29. The number of benzene rings is 2. The summed E-state index contributed by atoms with van der Waals surface area (Å²) in [6.45, 7) is 0.962. The van der Waals surface area contributed by atoms with Crippen LogP contribution in [0, 0.1) is 0 Å². The number of ether oxygens (including phenoxy) is 1. The molecule has 0 aliphatic carbocycles. The molecule has 1 atom stereocenters. The maximum atomic E-state index is 5.21. The molecule has 4 heteroatoms. The molecule has 4 rings (SSSR count). The zero-order chi connectivity index (χ0) is 14.9. The predicted molar refractivity (Wildman–Crippen MR) is 84.9 cm³/mol. The van der Waals surface area contributed by atoms with E-state index >= 15 is 0 Å². The van der Waals surface area contributed by atoms with Crippen LogP contribution in [0.4, 0.5) is 0 Å². The van der Waals surface area contributed by atoms with Gasteiger partial charge in [0.25, 0.3) is 0 Å². The van der Waals surface area contributed by atoms with E-state index in [2.05, 4.69) is 39.0 Å². The molecule has 0 N–H and O–H groups in total. The number of methoxy groups -OCH3 is 1. The van der Waals surface area contributed by atoms with Gasteiger partial charge in [0, 0.05) is 18.0 Å². The van der Waals surface area contributed by atoms with E-state index in [0.29, 0.717) is 5.92 Å². The summed E-state index contributed by atoms with van der Waals surface area (Å²) >= 11 is 0. The molecule has 4 nitrogen and oxygen atoms in total. The fourth-order valence-electron chi connectivity index (χ4n) is 3.14. The van der Waals surface area contributed by atoms with Gasteiger partial charge >= 0.3 is 0 Å². The maximum Gasteiger partial charge on any atom is 0.163 e. The van der Waals surface area contributed by atoms with Crippen molar-refractivity contribution in [2.45, 2.75) is 18.9 Å². The van der Waals surface area contributed by atoms with Gasteiger partial charge in [-0.1, -0.05) is 30.3 Å². The maximum absolute atomic E-state index is 5.21. The van der Waals surface area contributed by atoms with E-state index in [1.54, 1.807) is 7.11 Å². The summed E-state index contributed by atoms with van der Waals surface area (Å²) in [5, 5.41) is 8.87. The van der Waals surface area contributed by atoms with E-state index in [9.17, 15) is 0 Å². The Bertz CT molecular complexity index is 778. The number of hydrogen-bond acceptors (Lipinski definition) is 3. The third-order valence-electron chi connectivity index (χ3n) is 4.28. The molecule has 0 saturated carbocycles. The molecule has 0 saturated heterocycles. The average molecular weight is 291 g/mol. The van der Waals surface area contributed by atoms with E-state index in [1.165, 1.54) is 5.56 Å². The summed E-state index contributed by atoms with van der Waals surface area (Å²) in [6.07, 6.45) is 1.08. The highest BCUT2D eigenvalue weighted by atomic mass is 16.5. The second-order valence-corrected chi connectivity index (χ2v) is 5.51. The van der Waals surface area contributed by atoms with Crippen LogP contribution in [0.5, 0.6) is 5.75 Å². The van der Waals surface area contributed by atoms with Crippen molar-refractivity contribution in [1.82, 2.24) is 14.8 Å². The lowest BCUT2D eigenvalue weighted by Crippen LogP contribution is -1.98. The van der Waals surface area contributed by atoms with Crippen molar-refractivity contribution in [2.75, 3.05) is 7.11 Å². The number of nitrogens with zero attached hydrogens (tertiary/aromatic N) is 3. The van der Waals surface area contributed by atoms with Crippen LogP contribution in [-0.2, 0) is 6.54 Å². The second-order valence-electron chi connectivity index (χ2n) is 5.51. The molecule has 22 heavy (non-hydrogen) atoms. The quantitative estimate of drug-likeness (QED) is 0.741. The molecule has 3 aromatic rings. The number of fused-ring (bicyclic) bond motifs is 1. The highest BCUT2D eigenvalue weighted by Crippen LogP contribution is 2.35. The van der Waals surface area contributed by atoms with E-state index in [-0.39, 0.29) is 0 Å². The van der Waals surface area contributed by atoms with Crippen LogP contribution in [0.1, 0.15) is 23.7 Å². The standard InChI is InChI=1S/C18H17N3O/c1-22-15-9-7-14(8-10-15)17-19-20-18-16(11-12-21(17)18)13-5-3-2-4-6-13/h2-10,16H,11-12H2,1H3. The fraction of sp³-hybridized carbons (Fsp3) is 0.222. The Balaban J connectivity index is 1.71. The van der Waals surface area contributed by atoms with Crippen LogP contribution in [0.3, 0.4) is 0 Å². The molecule has 110 valence electrons. The van der Waals surface area contributed by atoms with Gasteiger partial charge in [0.05, 0.1) is 7.11 Å². The lowest BCUT2D eigenvalue weighted by Gasteiger charge is -2.07. The molecule has 0 bridgehead atoms. The van der Waals surface area contributed by atoms with Crippen molar-refractivity contribution >= 4 is 0 Å². The van der Waals surface area contributed by atoms with Gasteiger partial charge in [0.1, 0.15) is 11.6 Å². The first kappa shape index (κ1) is 13.1. The Morgan fingerprint density at radius 2 is 1.77 bits per heavy atom. The minimum absolute atomic E-state index is 0.348. The highest BCUT2D eigenvalue weighted by molar-refractivity contribution is 5.57. The van der Waals surface area contributed by atoms with Crippen LogP contribution < -0.4 is 4.74 Å². The van der Waals surface area contributed by atoms with Crippen molar-refractivity contribution in [3.63, 3.8) is 0 Å². The van der Waals surface area contributed by atoms with Gasteiger partial charge in [-0.15, -0.1) is 10.2 Å². The molecule has 2 aromatic carbocycles. The first-order chi connectivity index (χ1) is 10.9. The Morgan fingerprint density at radius 1 is 1.00 bits per heavy atom. The lowest BCUT2D eigenvalue weighted by atomic mass is 9.98. The molecule has 0 amide bonds. The van der Waals surface area contributed by atoms with Crippen LogP contribution >= 0.6 is 0 Å². The molecule has 1 unspecified atom stereocenters. The number of aromatic nitrogens is 3. The van der Waals surface area contributed by atoms with Crippen molar-refractivity contribution in [3.8, 4) is 17.1 Å². The SMILES string of the molecule is COc1ccc(-c2nnc3n2CCC3c2ccccc2)cc1. The van der Waals surface area contributed by atoms with E-state index in [0.717, 1.165) is 35.9 Å². The normalized spacial score (nSPS) is 16.5. The van der Waals surface area contributed by atoms with Gasteiger partial charge in [-0.3, -0.25) is 0 Å². The first-order valence-electron chi connectivity index (χ1n) is 7.49. The van der Waals surface area contributed by atoms with Gasteiger partial charge in [0.15, 0.2) is 5.82 Å². The predicted octanol–water partition coefficient (Wildman–Crippen LogP) is 3.49. The Labute approximate surface area is 129 Å². The molecule has 1 aliphatic rings. The molecule has 1 aromatic heterocycles. The summed E-state index contributed by atoms with van der Waals surface area (Å²) in [5.74, 6) is 3.21. The Hall–Kier alpha value is -2.62. The smallest absolute Gasteiger partial charge is 0.163 e. The van der Waals surface area contributed by atoms with Gasteiger partial charge in [-0.25, -0.2) is 0 Å². The monoisotopic (exact) mass is 291 g/mol. The summed E-state index contributed by atoms with van der Waals surface area (Å²) in [7, 11) is 1.67. The van der Waals surface area contributed by atoms with Gasteiger partial charge in [0.2, 0.25) is 0 Å². The van der Waals surface area contributed by atoms with Crippen molar-refractivity contribution in [1.29, 1.82) is 0 Å². The van der Waals surface area contributed by atoms with Gasteiger partial charge in [-0.2, -0.15) is 0 Å². The molecule has 0 spiro atoms. The lowest BCUT2D eigenvalue weighted by molar-refractivity contribution is 0.415. The first-order valence-corrected chi connectivity index (χ1v) is 7.49. The van der Waals surface area contributed by atoms with E-state index in [4.69, 9.17) is 4.74 Å². The fourth-order valence-corrected chi connectivity index (χ4v) is 3.14. The second kappa shape index (κ2) is 5.30. The Morgan fingerprint density at radius 3 is 2.50 bits per heavy atom. The number of rotatable bonds is 3. The van der Waals surface area contributed by atoms with Gasteiger partial charge in [-0.05, 0) is 36.2 Å². The number of hydrogen-bond donors (Lipinski definition) is 0. The van der Waals surface area contributed by atoms with Crippen molar-refractivity contribution in [2.24, 2.45) is 0 Å². The molecule has 1 aliphatic heterocycles. The van der Waals surface area contributed by atoms with Gasteiger partial charge < -0.3 is 9.30 Å². The van der Waals surface area contributed by atoms with Crippen molar-refractivity contribution < 1.29 is 4.74 Å². The minimum atomic E-state index is 0.348. The summed E-state index contributed by atoms with van der Waals surface area (Å²) in [5.41, 5.74) is 2.39. The van der Waals surface area contributed by atoms with Crippen molar-refractivity contribution in [3.05, 3.63) is 66.0 Å². The molecular formula is C18H17N3O.